The first kappa shape index (κ1) is 16.8. The van der Waals surface area contributed by atoms with Crippen LogP contribution in [-0.4, -0.2) is 11.3 Å². The molecule has 0 unspecified atom stereocenters. The Morgan fingerprint density at radius 3 is 2.50 bits per heavy atom. The van der Waals surface area contributed by atoms with Gasteiger partial charge in [0.2, 0.25) is 0 Å². The second-order valence-electron chi connectivity index (χ2n) is 4.75. The fourth-order valence-electron chi connectivity index (χ4n) is 1.97. The summed E-state index contributed by atoms with van der Waals surface area (Å²) in [7, 11) is 0. The lowest BCUT2D eigenvalue weighted by molar-refractivity contribution is -0.274. The zero-order chi connectivity index (χ0) is 17.2. The van der Waals surface area contributed by atoms with Crippen LogP contribution in [0.5, 0.6) is 5.75 Å². The first-order valence-corrected chi connectivity index (χ1v) is 8.41. The molecular weight excluding hydrogens is 405 g/mol. The van der Waals surface area contributed by atoms with Gasteiger partial charge in [-0.3, -0.25) is 0 Å². The van der Waals surface area contributed by atoms with E-state index in [9.17, 15) is 13.2 Å². The van der Waals surface area contributed by atoms with Crippen molar-refractivity contribution in [2.24, 2.45) is 0 Å². The maximum atomic E-state index is 12.1. The topological polar surface area (TPSA) is 34.1 Å². The van der Waals surface area contributed by atoms with Crippen molar-refractivity contribution in [3.05, 3.63) is 58.4 Å². The highest BCUT2D eigenvalue weighted by molar-refractivity contribution is 9.10. The predicted octanol–water partition coefficient (Wildman–Crippen LogP) is 6.21. The molecule has 0 aliphatic heterocycles. The number of alkyl halides is 3. The number of ether oxygens (including phenoxy) is 1. The summed E-state index contributed by atoms with van der Waals surface area (Å²) in [6, 6.07) is 13.3. The van der Waals surface area contributed by atoms with E-state index in [1.165, 1.54) is 35.6 Å². The standard InChI is InChI=1S/C16H10BrF3N2OS/c17-11-3-1-2-10(8-11)14-9-24-15(22-14)21-12-4-6-13(7-5-12)23-16(18,19)20/h1-9H,(H,21,22). The number of aromatic nitrogens is 1. The average molecular weight is 415 g/mol. The smallest absolute Gasteiger partial charge is 0.406 e. The minimum atomic E-state index is -4.69. The summed E-state index contributed by atoms with van der Waals surface area (Å²) in [5, 5.41) is 5.61. The van der Waals surface area contributed by atoms with E-state index in [-0.39, 0.29) is 5.75 Å². The number of halogens is 4. The molecule has 0 saturated heterocycles. The van der Waals surface area contributed by atoms with Crippen LogP contribution in [0.1, 0.15) is 0 Å². The van der Waals surface area contributed by atoms with Crippen molar-refractivity contribution < 1.29 is 17.9 Å². The SMILES string of the molecule is FC(F)(F)Oc1ccc(Nc2nc(-c3cccc(Br)c3)cs2)cc1. The maximum Gasteiger partial charge on any atom is 0.573 e. The Labute approximate surface area is 148 Å². The van der Waals surface area contributed by atoms with Crippen molar-refractivity contribution >= 4 is 38.1 Å². The minimum absolute atomic E-state index is 0.262. The molecule has 2 aromatic carbocycles. The molecule has 0 fully saturated rings. The number of hydrogen-bond donors (Lipinski definition) is 1. The molecule has 24 heavy (non-hydrogen) atoms. The van der Waals surface area contributed by atoms with Gasteiger partial charge >= 0.3 is 6.36 Å². The van der Waals surface area contributed by atoms with Crippen LogP contribution in [0.4, 0.5) is 24.0 Å². The minimum Gasteiger partial charge on any atom is -0.406 e. The third-order valence-corrected chi connectivity index (χ3v) is 4.21. The van der Waals surface area contributed by atoms with Crippen molar-refractivity contribution in [1.29, 1.82) is 0 Å². The van der Waals surface area contributed by atoms with Crippen LogP contribution in [-0.2, 0) is 0 Å². The first-order valence-electron chi connectivity index (χ1n) is 6.73. The Kier molecular flexibility index (Phi) is 4.77. The quantitative estimate of drug-likeness (QED) is 0.550. The maximum absolute atomic E-state index is 12.1. The Balaban J connectivity index is 1.71. The molecule has 124 valence electrons. The van der Waals surface area contributed by atoms with E-state index >= 15 is 0 Å². The van der Waals surface area contributed by atoms with Crippen molar-refractivity contribution in [2.45, 2.75) is 6.36 Å². The molecule has 0 radical (unpaired) electrons. The Bertz CT molecular complexity index is 834. The highest BCUT2D eigenvalue weighted by Gasteiger charge is 2.30. The highest BCUT2D eigenvalue weighted by Crippen LogP contribution is 2.30. The van der Waals surface area contributed by atoms with E-state index in [2.05, 4.69) is 31.0 Å². The van der Waals surface area contributed by atoms with Crippen molar-refractivity contribution in [3.8, 4) is 17.0 Å². The molecule has 0 saturated carbocycles. The van der Waals surface area contributed by atoms with Gasteiger partial charge in [0.05, 0.1) is 5.69 Å². The summed E-state index contributed by atoms with van der Waals surface area (Å²) >= 11 is 4.83. The van der Waals surface area contributed by atoms with Crippen LogP contribution in [0.2, 0.25) is 0 Å². The number of nitrogens with zero attached hydrogens (tertiary/aromatic N) is 1. The van der Waals surface area contributed by atoms with Crippen LogP contribution in [0.3, 0.4) is 0 Å². The third kappa shape index (κ3) is 4.48. The zero-order valence-corrected chi connectivity index (χ0v) is 14.4. The number of anilines is 2. The van der Waals surface area contributed by atoms with Gasteiger partial charge in [-0.05, 0) is 36.4 Å². The first-order chi connectivity index (χ1) is 11.4. The molecule has 0 atom stereocenters. The molecule has 0 spiro atoms. The van der Waals surface area contributed by atoms with E-state index in [1.54, 1.807) is 0 Å². The zero-order valence-electron chi connectivity index (χ0n) is 12.0. The lowest BCUT2D eigenvalue weighted by Crippen LogP contribution is -2.16. The monoisotopic (exact) mass is 414 g/mol. The van der Waals surface area contributed by atoms with Crippen molar-refractivity contribution in [2.75, 3.05) is 5.32 Å². The van der Waals surface area contributed by atoms with Gasteiger partial charge < -0.3 is 10.1 Å². The molecule has 0 amide bonds. The van der Waals surface area contributed by atoms with Crippen molar-refractivity contribution in [3.63, 3.8) is 0 Å². The van der Waals surface area contributed by atoms with E-state index in [0.717, 1.165) is 15.7 Å². The van der Waals surface area contributed by atoms with E-state index in [4.69, 9.17) is 0 Å². The molecule has 3 rings (SSSR count). The number of nitrogens with one attached hydrogen (secondary N) is 1. The number of benzene rings is 2. The average Bonchev–Trinajstić information content (AvgIpc) is 2.96. The van der Waals surface area contributed by atoms with Crippen LogP contribution in [0.15, 0.2) is 58.4 Å². The Morgan fingerprint density at radius 1 is 1.08 bits per heavy atom. The molecule has 0 aliphatic carbocycles. The van der Waals surface area contributed by atoms with E-state index in [1.807, 2.05) is 29.6 Å². The number of thiazole rings is 1. The van der Waals surface area contributed by atoms with Gasteiger partial charge in [-0.1, -0.05) is 28.1 Å². The molecule has 0 aliphatic rings. The molecular formula is C16H10BrF3N2OS. The number of hydrogen-bond acceptors (Lipinski definition) is 4. The summed E-state index contributed by atoms with van der Waals surface area (Å²) in [6.45, 7) is 0. The molecule has 0 bridgehead atoms. The molecule has 8 heteroatoms. The Hall–Kier alpha value is -2.06. The van der Waals surface area contributed by atoms with E-state index < -0.39 is 6.36 Å². The van der Waals surface area contributed by atoms with Gasteiger partial charge in [-0.25, -0.2) is 4.98 Å². The largest absolute Gasteiger partial charge is 0.573 e. The van der Waals surface area contributed by atoms with Gasteiger partial charge in [0.25, 0.3) is 0 Å². The Morgan fingerprint density at radius 2 is 1.83 bits per heavy atom. The molecule has 1 heterocycles. The highest BCUT2D eigenvalue weighted by atomic mass is 79.9. The van der Waals surface area contributed by atoms with Crippen LogP contribution < -0.4 is 10.1 Å². The summed E-state index contributed by atoms with van der Waals surface area (Å²) in [4.78, 5) is 4.47. The van der Waals surface area contributed by atoms with Gasteiger partial charge in [0.15, 0.2) is 5.13 Å². The lowest BCUT2D eigenvalue weighted by atomic mass is 10.2. The summed E-state index contributed by atoms with van der Waals surface area (Å²) in [6.07, 6.45) is -4.69. The molecule has 1 N–H and O–H groups in total. The van der Waals surface area contributed by atoms with Gasteiger partial charge in [0.1, 0.15) is 5.75 Å². The van der Waals surface area contributed by atoms with Crippen molar-refractivity contribution in [1.82, 2.24) is 4.98 Å². The van der Waals surface area contributed by atoms with Gasteiger partial charge in [0, 0.05) is 21.1 Å². The fourth-order valence-corrected chi connectivity index (χ4v) is 3.11. The molecule has 3 aromatic rings. The third-order valence-electron chi connectivity index (χ3n) is 2.96. The summed E-state index contributed by atoms with van der Waals surface area (Å²) in [5.74, 6) is -0.262. The van der Waals surface area contributed by atoms with Gasteiger partial charge in [-0.2, -0.15) is 0 Å². The number of rotatable bonds is 4. The van der Waals surface area contributed by atoms with Crippen LogP contribution in [0, 0.1) is 0 Å². The molecule has 3 nitrogen and oxygen atoms in total. The second kappa shape index (κ2) is 6.82. The summed E-state index contributed by atoms with van der Waals surface area (Å²) in [5.41, 5.74) is 2.42. The van der Waals surface area contributed by atoms with Crippen LogP contribution >= 0.6 is 27.3 Å². The second-order valence-corrected chi connectivity index (χ2v) is 6.52. The predicted molar refractivity (Wildman–Crippen MR) is 91.7 cm³/mol. The fraction of sp³-hybridized carbons (Fsp3) is 0.0625. The summed E-state index contributed by atoms with van der Waals surface area (Å²) < 4.78 is 41.2. The van der Waals surface area contributed by atoms with Crippen LogP contribution in [0.25, 0.3) is 11.3 Å². The van der Waals surface area contributed by atoms with E-state index in [0.29, 0.717) is 10.8 Å². The normalized spacial score (nSPS) is 11.3. The lowest BCUT2D eigenvalue weighted by Gasteiger charge is -2.09. The van der Waals surface area contributed by atoms with Gasteiger partial charge in [-0.15, -0.1) is 24.5 Å². The molecule has 1 aromatic heterocycles.